The predicted octanol–water partition coefficient (Wildman–Crippen LogP) is 5.79. The van der Waals surface area contributed by atoms with Crippen molar-refractivity contribution in [1.82, 2.24) is 0 Å². The first-order valence-electron chi connectivity index (χ1n) is 7.30. The zero-order chi connectivity index (χ0) is 11.3. The van der Waals surface area contributed by atoms with Crippen LogP contribution in [-0.4, -0.2) is 0 Å². The van der Waals surface area contributed by atoms with Crippen molar-refractivity contribution in [2.75, 3.05) is 0 Å². The minimum absolute atomic E-state index is 1.30. The summed E-state index contributed by atoms with van der Waals surface area (Å²) >= 11 is 0. The molecule has 0 unspecified atom stereocenters. The molecule has 0 heterocycles. The molecular formula is C16H28. The van der Waals surface area contributed by atoms with Crippen molar-refractivity contribution in [3.63, 3.8) is 0 Å². The maximum absolute atomic E-state index is 2.39. The van der Waals surface area contributed by atoms with E-state index in [1.165, 1.54) is 77.0 Å². The van der Waals surface area contributed by atoms with E-state index in [0.717, 1.165) is 0 Å². The van der Waals surface area contributed by atoms with Crippen LogP contribution in [0.1, 0.15) is 77.0 Å². The summed E-state index contributed by atoms with van der Waals surface area (Å²) in [5.74, 6) is 0. The second-order valence-electron chi connectivity index (χ2n) is 4.93. The molecule has 0 heteroatoms. The Balaban J connectivity index is 2.14. The van der Waals surface area contributed by atoms with Gasteiger partial charge in [0.05, 0.1) is 0 Å². The normalized spacial score (nSPS) is 22.0. The van der Waals surface area contributed by atoms with Crippen molar-refractivity contribution in [2.24, 2.45) is 0 Å². The van der Waals surface area contributed by atoms with Gasteiger partial charge in [0, 0.05) is 0 Å². The summed E-state index contributed by atoms with van der Waals surface area (Å²) < 4.78 is 0. The Morgan fingerprint density at radius 1 is 0.312 bits per heavy atom. The molecule has 0 fully saturated rings. The Kier molecular flexibility index (Phi) is 9.30. The monoisotopic (exact) mass is 220 g/mol. The highest BCUT2D eigenvalue weighted by Crippen LogP contribution is 2.10. The van der Waals surface area contributed by atoms with Gasteiger partial charge in [-0.2, -0.15) is 0 Å². The van der Waals surface area contributed by atoms with Gasteiger partial charge in [-0.05, 0) is 51.4 Å². The molecule has 0 amide bonds. The molecule has 0 aromatic rings. The smallest absolute Gasteiger partial charge is 0.0351 e. The fraction of sp³-hybridized carbons (Fsp3) is 0.750. The molecule has 0 radical (unpaired) electrons. The van der Waals surface area contributed by atoms with Crippen molar-refractivity contribution >= 4 is 0 Å². The van der Waals surface area contributed by atoms with Gasteiger partial charge in [-0.25, -0.2) is 0 Å². The molecule has 0 saturated heterocycles. The first kappa shape index (κ1) is 13.5. The van der Waals surface area contributed by atoms with E-state index in [2.05, 4.69) is 24.3 Å². The fourth-order valence-electron chi connectivity index (χ4n) is 2.23. The second-order valence-corrected chi connectivity index (χ2v) is 4.93. The summed E-state index contributed by atoms with van der Waals surface area (Å²) in [6.45, 7) is 0. The molecular weight excluding hydrogens is 192 g/mol. The molecule has 0 nitrogen and oxygen atoms in total. The van der Waals surface area contributed by atoms with Crippen LogP contribution in [-0.2, 0) is 0 Å². The molecule has 0 aromatic heterocycles. The van der Waals surface area contributed by atoms with E-state index >= 15 is 0 Å². The maximum atomic E-state index is 2.39. The van der Waals surface area contributed by atoms with Crippen LogP contribution in [0.3, 0.4) is 0 Å². The van der Waals surface area contributed by atoms with Crippen molar-refractivity contribution in [3.8, 4) is 0 Å². The highest BCUT2D eigenvalue weighted by Gasteiger charge is 1.90. The van der Waals surface area contributed by atoms with Crippen molar-refractivity contribution in [2.45, 2.75) is 77.0 Å². The van der Waals surface area contributed by atoms with Gasteiger partial charge in [0.15, 0.2) is 0 Å². The third-order valence-electron chi connectivity index (χ3n) is 3.32. The third-order valence-corrected chi connectivity index (χ3v) is 3.32. The van der Waals surface area contributed by atoms with Gasteiger partial charge in [0.2, 0.25) is 0 Å². The molecule has 0 aliphatic heterocycles. The molecule has 0 saturated carbocycles. The van der Waals surface area contributed by atoms with E-state index < -0.39 is 0 Å². The Labute approximate surface area is 102 Å². The quantitative estimate of drug-likeness (QED) is 0.453. The van der Waals surface area contributed by atoms with Crippen molar-refractivity contribution in [1.29, 1.82) is 0 Å². The Morgan fingerprint density at radius 2 is 0.562 bits per heavy atom. The molecule has 1 rings (SSSR count). The SMILES string of the molecule is C1=CCCCCCCCC=CCCCCC1. The van der Waals surface area contributed by atoms with E-state index in [9.17, 15) is 0 Å². The number of hydrogen-bond acceptors (Lipinski definition) is 0. The van der Waals surface area contributed by atoms with Crippen LogP contribution < -0.4 is 0 Å². The van der Waals surface area contributed by atoms with E-state index in [4.69, 9.17) is 0 Å². The average molecular weight is 220 g/mol. The Hall–Kier alpha value is -0.520. The minimum Gasteiger partial charge on any atom is -0.0885 e. The lowest BCUT2D eigenvalue weighted by molar-refractivity contribution is 0.619. The molecule has 92 valence electrons. The van der Waals surface area contributed by atoms with Crippen LogP contribution >= 0.6 is 0 Å². The standard InChI is InChI=1S/C16H28/c1-2-4-6-8-10-12-14-16-15-13-11-9-7-5-3-1/h1-2,13,15H,3-12,14,16H2. The molecule has 0 bridgehead atoms. The first-order valence-corrected chi connectivity index (χ1v) is 7.30. The molecule has 16 heavy (non-hydrogen) atoms. The summed E-state index contributed by atoms with van der Waals surface area (Å²) in [6, 6.07) is 0. The van der Waals surface area contributed by atoms with Gasteiger partial charge in [-0.3, -0.25) is 0 Å². The fourth-order valence-corrected chi connectivity index (χ4v) is 2.23. The van der Waals surface area contributed by atoms with Gasteiger partial charge < -0.3 is 0 Å². The molecule has 0 N–H and O–H groups in total. The third kappa shape index (κ3) is 8.76. The maximum Gasteiger partial charge on any atom is -0.0351 e. The van der Waals surface area contributed by atoms with Crippen LogP contribution in [0, 0.1) is 0 Å². The average Bonchev–Trinajstić information content (AvgIpc) is 2.29. The second kappa shape index (κ2) is 11.0. The van der Waals surface area contributed by atoms with E-state index in [1.54, 1.807) is 0 Å². The lowest BCUT2D eigenvalue weighted by Gasteiger charge is -2.00. The van der Waals surface area contributed by atoms with Crippen molar-refractivity contribution < 1.29 is 0 Å². The summed E-state index contributed by atoms with van der Waals surface area (Å²) in [6.07, 6.45) is 26.0. The lowest BCUT2D eigenvalue weighted by atomic mass is 10.1. The molecule has 0 atom stereocenters. The van der Waals surface area contributed by atoms with Gasteiger partial charge in [-0.15, -0.1) is 0 Å². The molecule has 0 aromatic carbocycles. The van der Waals surface area contributed by atoms with Crippen LogP contribution in [0.4, 0.5) is 0 Å². The number of hydrogen-bond donors (Lipinski definition) is 0. The Bertz CT molecular complexity index is 168. The van der Waals surface area contributed by atoms with E-state index in [1.807, 2.05) is 0 Å². The Morgan fingerprint density at radius 3 is 0.938 bits per heavy atom. The minimum atomic E-state index is 1.30. The molecule has 0 spiro atoms. The first-order chi connectivity index (χ1) is 8.00. The van der Waals surface area contributed by atoms with Crippen LogP contribution in [0.15, 0.2) is 24.3 Å². The number of rotatable bonds is 0. The van der Waals surface area contributed by atoms with E-state index in [0.29, 0.717) is 0 Å². The van der Waals surface area contributed by atoms with Crippen molar-refractivity contribution in [3.05, 3.63) is 24.3 Å². The summed E-state index contributed by atoms with van der Waals surface area (Å²) in [7, 11) is 0. The van der Waals surface area contributed by atoms with Crippen LogP contribution in [0.25, 0.3) is 0 Å². The topological polar surface area (TPSA) is 0 Å². The van der Waals surface area contributed by atoms with Crippen LogP contribution in [0.2, 0.25) is 0 Å². The largest absolute Gasteiger partial charge is 0.0885 e. The zero-order valence-corrected chi connectivity index (χ0v) is 10.8. The van der Waals surface area contributed by atoms with Gasteiger partial charge in [0.1, 0.15) is 0 Å². The lowest BCUT2D eigenvalue weighted by Crippen LogP contribution is -1.80. The predicted molar refractivity (Wildman–Crippen MR) is 73.7 cm³/mol. The summed E-state index contributed by atoms with van der Waals surface area (Å²) in [5, 5.41) is 0. The highest BCUT2D eigenvalue weighted by molar-refractivity contribution is 4.83. The number of allylic oxidation sites excluding steroid dienone is 4. The van der Waals surface area contributed by atoms with Gasteiger partial charge >= 0.3 is 0 Å². The van der Waals surface area contributed by atoms with Crippen LogP contribution in [0.5, 0.6) is 0 Å². The van der Waals surface area contributed by atoms with E-state index in [-0.39, 0.29) is 0 Å². The molecule has 1 aliphatic rings. The van der Waals surface area contributed by atoms with Gasteiger partial charge in [0.25, 0.3) is 0 Å². The molecule has 1 aliphatic carbocycles. The summed E-state index contributed by atoms with van der Waals surface area (Å²) in [5.41, 5.74) is 0. The highest BCUT2D eigenvalue weighted by atomic mass is 14.0. The van der Waals surface area contributed by atoms with Gasteiger partial charge in [-0.1, -0.05) is 50.0 Å². The zero-order valence-electron chi connectivity index (χ0n) is 10.8. The summed E-state index contributed by atoms with van der Waals surface area (Å²) in [4.78, 5) is 0.